The molecule has 0 unspecified atom stereocenters. The molecular weight excluding hydrogens is 204 g/mol. The van der Waals surface area contributed by atoms with Gasteiger partial charge in [0.1, 0.15) is 0 Å². The summed E-state index contributed by atoms with van der Waals surface area (Å²) < 4.78 is 5.17. The fraction of sp³-hybridized carbons (Fsp3) is 0.182. The molecule has 2 rings (SSSR count). The number of pyridine rings is 1. The van der Waals surface area contributed by atoms with Gasteiger partial charge in [-0.15, -0.1) is 0 Å². The Bertz CT molecular complexity index is 493. The molecule has 0 aromatic carbocycles. The van der Waals surface area contributed by atoms with Crippen molar-refractivity contribution in [2.45, 2.75) is 6.92 Å². The molecule has 2 heterocycles. The predicted octanol–water partition coefficient (Wildman–Crippen LogP) is 1.44. The molecule has 2 aromatic heterocycles. The van der Waals surface area contributed by atoms with E-state index < -0.39 is 0 Å². The Kier molecular flexibility index (Phi) is 2.68. The highest BCUT2D eigenvalue weighted by molar-refractivity contribution is 5.65. The van der Waals surface area contributed by atoms with E-state index >= 15 is 0 Å². The summed E-state index contributed by atoms with van der Waals surface area (Å²) in [6.07, 6.45) is 1.67. The van der Waals surface area contributed by atoms with Crippen LogP contribution in [0, 0.1) is 6.92 Å². The highest BCUT2D eigenvalue weighted by Gasteiger charge is 2.09. The van der Waals surface area contributed by atoms with Crippen LogP contribution in [0.5, 0.6) is 5.88 Å². The minimum absolute atomic E-state index is 0.251. The molecule has 0 amide bonds. The summed E-state index contributed by atoms with van der Waals surface area (Å²) in [7, 11) is 1.57. The number of ether oxygens (including phenoxy) is 1. The van der Waals surface area contributed by atoms with Gasteiger partial charge in [0.05, 0.1) is 18.4 Å². The van der Waals surface area contributed by atoms with Gasteiger partial charge in [-0.2, -0.15) is 0 Å². The van der Waals surface area contributed by atoms with Gasteiger partial charge in [-0.25, -0.2) is 15.0 Å². The van der Waals surface area contributed by atoms with Gasteiger partial charge in [0.25, 0.3) is 0 Å². The van der Waals surface area contributed by atoms with E-state index in [0.717, 1.165) is 17.0 Å². The van der Waals surface area contributed by atoms with Crippen LogP contribution < -0.4 is 10.5 Å². The van der Waals surface area contributed by atoms with Crippen molar-refractivity contribution in [1.82, 2.24) is 15.0 Å². The fourth-order valence-electron chi connectivity index (χ4n) is 1.48. The van der Waals surface area contributed by atoms with Crippen molar-refractivity contribution in [2.24, 2.45) is 0 Å². The number of rotatable bonds is 2. The molecule has 0 aliphatic carbocycles. The van der Waals surface area contributed by atoms with Crippen LogP contribution >= 0.6 is 0 Å². The molecule has 0 aliphatic rings. The quantitative estimate of drug-likeness (QED) is 0.822. The highest BCUT2D eigenvalue weighted by atomic mass is 16.5. The van der Waals surface area contributed by atoms with Gasteiger partial charge in [0, 0.05) is 11.9 Å². The summed E-state index contributed by atoms with van der Waals surface area (Å²) in [5, 5.41) is 0. The third-order valence-corrected chi connectivity index (χ3v) is 2.11. The summed E-state index contributed by atoms with van der Waals surface area (Å²) >= 11 is 0. The fourth-order valence-corrected chi connectivity index (χ4v) is 1.48. The zero-order valence-electron chi connectivity index (χ0n) is 9.14. The van der Waals surface area contributed by atoms with E-state index in [2.05, 4.69) is 15.0 Å². The smallest absolute Gasteiger partial charge is 0.222 e. The molecule has 0 saturated heterocycles. The minimum atomic E-state index is 0.251. The standard InChI is InChI=1S/C11H12N4O/c1-7-6-9(15-11(12)14-7)8-4-3-5-13-10(8)16-2/h3-6H,1-2H3,(H2,12,14,15). The Morgan fingerprint density at radius 3 is 2.81 bits per heavy atom. The normalized spacial score (nSPS) is 10.1. The molecule has 5 heteroatoms. The number of hydrogen-bond donors (Lipinski definition) is 1. The molecule has 0 spiro atoms. The number of methoxy groups -OCH3 is 1. The van der Waals surface area contributed by atoms with E-state index in [-0.39, 0.29) is 5.95 Å². The average molecular weight is 216 g/mol. The lowest BCUT2D eigenvalue weighted by atomic mass is 10.2. The van der Waals surface area contributed by atoms with Crippen LogP contribution in [0.15, 0.2) is 24.4 Å². The maximum absolute atomic E-state index is 5.60. The first-order valence-corrected chi connectivity index (χ1v) is 4.81. The highest BCUT2D eigenvalue weighted by Crippen LogP contribution is 2.26. The van der Waals surface area contributed by atoms with E-state index in [1.54, 1.807) is 13.3 Å². The van der Waals surface area contributed by atoms with Gasteiger partial charge < -0.3 is 10.5 Å². The van der Waals surface area contributed by atoms with E-state index in [1.165, 1.54) is 0 Å². The van der Waals surface area contributed by atoms with E-state index in [4.69, 9.17) is 10.5 Å². The molecule has 0 aliphatic heterocycles. The third kappa shape index (κ3) is 1.93. The van der Waals surface area contributed by atoms with Gasteiger partial charge in [0.15, 0.2) is 0 Å². The molecule has 0 atom stereocenters. The lowest BCUT2D eigenvalue weighted by Gasteiger charge is -2.07. The maximum atomic E-state index is 5.60. The number of hydrogen-bond acceptors (Lipinski definition) is 5. The number of nitrogens with two attached hydrogens (primary N) is 1. The summed E-state index contributed by atoms with van der Waals surface area (Å²) in [6.45, 7) is 1.87. The molecule has 0 saturated carbocycles. The van der Waals surface area contributed by atoms with Crippen molar-refractivity contribution < 1.29 is 4.74 Å². The first kappa shape index (κ1) is 10.4. The van der Waals surface area contributed by atoms with E-state index in [1.807, 2.05) is 25.1 Å². The van der Waals surface area contributed by atoms with Crippen LogP contribution in [0.4, 0.5) is 5.95 Å². The van der Waals surface area contributed by atoms with Crippen LogP contribution in [0.25, 0.3) is 11.3 Å². The maximum Gasteiger partial charge on any atom is 0.222 e. The molecule has 0 bridgehead atoms. The second-order valence-corrected chi connectivity index (χ2v) is 3.31. The molecule has 0 radical (unpaired) electrons. The Morgan fingerprint density at radius 2 is 2.12 bits per heavy atom. The average Bonchev–Trinajstić information content (AvgIpc) is 2.27. The molecular formula is C11H12N4O. The van der Waals surface area contributed by atoms with Crippen LogP contribution in [0.1, 0.15) is 5.69 Å². The molecule has 5 nitrogen and oxygen atoms in total. The monoisotopic (exact) mass is 216 g/mol. The lowest BCUT2D eigenvalue weighted by Crippen LogP contribution is -1.99. The Labute approximate surface area is 93.3 Å². The van der Waals surface area contributed by atoms with Crippen molar-refractivity contribution >= 4 is 5.95 Å². The second-order valence-electron chi connectivity index (χ2n) is 3.31. The summed E-state index contributed by atoms with van der Waals surface area (Å²) in [4.78, 5) is 12.3. The predicted molar refractivity (Wildman–Crippen MR) is 61.0 cm³/mol. The van der Waals surface area contributed by atoms with Gasteiger partial charge in [0.2, 0.25) is 11.8 Å². The molecule has 16 heavy (non-hydrogen) atoms. The van der Waals surface area contributed by atoms with Crippen LogP contribution in [0.3, 0.4) is 0 Å². The third-order valence-electron chi connectivity index (χ3n) is 2.11. The number of nitrogen functional groups attached to an aromatic ring is 1. The van der Waals surface area contributed by atoms with Gasteiger partial charge in [-0.3, -0.25) is 0 Å². The summed E-state index contributed by atoms with van der Waals surface area (Å²) in [6, 6.07) is 5.55. The summed E-state index contributed by atoms with van der Waals surface area (Å²) in [5.74, 6) is 0.779. The number of nitrogens with zero attached hydrogens (tertiary/aromatic N) is 3. The van der Waals surface area contributed by atoms with Crippen molar-refractivity contribution in [3.63, 3.8) is 0 Å². The molecule has 0 fully saturated rings. The second kappa shape index (κ2) is 4.14. The summed E-state index contributed by atoms with van der Waals surface area (Å²) in [5.41, 5.74) is 7.94. The Morgan fingerprint density at radius 1 is 1.31 bits per heavy atom. The number of anilines is 1. The van der Waals surface area contributed by atoms with Crippen LogP contribution in [-0.4, -0.2) is 22.1 Å². The van der Waals surface area contributed by atoms with Crippen molar-refractivity contribution in [3.8, 4) is 17.1 Å². The van der Waals surface area contributed by atoms with Crippen LogP contribution in [0.2, 0.25) is 0 Å². The Balaban J connectivity index is 2.58. The minimum Gasteiger partial charge on any atom is -0.481 e. The number of aromatic nitrogens is 3. The SMILES string of the molecule is COc1ncccc1-c1cc(C)nc(N)n1. The largest absolute Gasteiger partial charge is 0.481 e. The van der Waals surface area contributed by atoms with E-state index in [9.17, 15) is 0 Å². The zero-order chi connectivity index (χ0) is 11.5. The van der Waals surface area contributed by atoms with Crippen LogP contribution in [-0.2, 0) is 0 Å². The molecule has 2 N–H and O–H groups in total. The van der Waals surface area contributed by atoms with Gasteiger partial charge in [-0.05, 0) is 25.1 Å². The van der Waals surface area contributed by atoms with Gasteiger partial charge in [-0.1, -0.05) is 0 Å². The van der Waals surface area contributed by atoms with Crippen molar-refractivity contribution in [2.75, 3.05) is 12.8 Å². The van der Waals surface area contributed by atoms with Crippen molar-refractivity contribution in [1.29, 1.82) is 0 Å². The topological polar surface area (TPSA) is 73.9 Å². The lowest BCUT2D eigenvalue weighted by molar-refractivity contribution is 0.399. The van der Waals surface area contributed by atoms with E-state index in [0.29, 0.717) is 5.88 Å². The number of aryl methyl sites for hydroxylation is 1. The zero-order valence-corrected chi connectivity index (χ0v) is 9.14. The van der Waals surface area contributed by atoms with Gasteiger partial charge >= 0.3 is 0 Å². The first-order valence-electron chi connectivity index (χ1n) is 4.81. The molecule has 82 valence electrons. The van der Waals surface area contributed by atoms with Crippen molar-refractivity contribution in [3.05, 3.63) is 30.1 Å². The Hall–Kier alpha value is -2.17. The molecule has 2 aromatic rings. The first-order chi connectivity index (χ1) is 7.70.